The van der Waals surface area contributed by atoms with Crippen LogP contribution < -0.4 is 0 Å². The minimum atomic E-state index is -7.37. The van der Waals surface area contributed by atoms with Gasteiger partial charge in [0, 0.05) is 0 Å². The van der Waals surface area contributed by atoms with E-state index in [2.05, 4.69) is 4.74 Å². The van der Waals surface area contributed by atoms with Gasteiger partial charge in [-0.1, -0.05) is 0 Å². The second kappa shape index (κ2) is 5.78. The number of rotatable bonds is 5. The smallest absolute Gasteiger partial charge is 0.460 e. The third kappa shape index (κ3) is 3.20. The highest BCUT2D eigenvalue weighted by atomic mass is 19.4. The van der Waals surface area contributed by atoms with Crippen LogP contribution in [0.3, 0.4) is 0 Å². The molecule has 0 aromatic rings. The molecule has 14 heteroatoms. The van der Waals surface area contributed by atoms with Crippen molar-refractivity contribution < 1.29 is 62.6 Å². The molecule has 3 nitrogen and oxygen atoms in total. The zero-order valence-corrected chi connectivity index (χ0v) is 10.6. The Morgan fingerprint density at radius 2 is 1.17 bits per heavy atom. The van der Waals surface area contributed by atoms with Gasteiger partial charge in [0.1, 0.15) is 0 Å². The Bertz CT molecular complexity index is 478. The first-order chi connectivity index (χ1) is 9.89. The molecule has 0 rings (SSSR count). The third-order valence-corrected chi connectivity index (χ3v) is 2.30. The maximum absolute atomic E-state index is 13.6. The summed E-state index contributed by atoms with van der Waals surface area (Å²) in [6.45, 7) is -0.392. The minimum absolute atomic E-state index is 0.724. The van der Waals surface area contributed by atoms with Crippen molar-refractivity contribution in [1.29, 1.82) is 0 Å². The van der Waals surface area contributed by atoms with Crippen molar-refractivity contribution in [3.8, 4) is 0 Å². The molecule has 0 aromatic heterocycles. The van der Waals surface area contributed by atoms with Crippen molar-refractivity contribution in [3.05, 3.63) is 0 Å². The van der Waals surface area contributed by atoms with Crippen LogP contribution in [-0.2, 0) is 14.3 Å². The van der Waals surface area contributed by atoms with Crippen LogP contribution in [0.15, 0.2) is 0 Å². The summed E-state index contributed by atoms with van der Waals surface area (Å²) in [7, 11) is 0. The van der Waals surface area contributed by atoms with Crippen LogP contribution in [-0.4, -0.2) is 48.2 Å². The molecule has 1 unspecified atom stereocenters. The SMILES string of the molecule is CCOC(=O)C(F)(C(=O)C(F)(F)C(F)(F)C(F)(F)F)C(F)(F)F. The van der Waals surface area contributed by atoms with Crippen LogP contribution in [0.25, 0.3) is 0 Å². The largest absolute Gasteiger partial charge is 0.463 e. The van der Waals surface area contributed by atoms with E-state index in [-0.39, 0.29) is 0 Å². The van der Waals surface area contributed by atoms with Crippen LogP contribution in [0.4, 0.5) is 48.3 Å². The summed E-state index contributed by atoms with van der Waals surface area (Å²) in [5, 5.41) is 0. The van der Waals surface area contributed by atoms with Gasteiger partial charge in [-0.15, -0.1) is 0 Å². The molecule has 1 atom stereocenters. The maximum Gasteiger partial charge on any atom is 0.460 e. The second-order valence-corrected chi connectivity index (χ2v) is 3.85. The van der Waals surface area contributed by atoms with Gasteiger partial charge < -0.3 is 4.74 Å². The Morgan fingerprint density at radius 3 is 1.43 bits per heavy atom. The van der Waals surface area contributed by atoms with E-state index >= 15 is 0 Å². The summed E-state index contributed by atoms with van der Waals surface area (Å²) in [5.74, 6) is -22.6. The molecule has 23 heavy (non-hydrogen) atoms. The summed E-state index contributed by atoms with van der Waals surface area (Å²) in [6, 6.07) is 0. The topological polar surface area (TPSA) is 43.4 Å². The first-order valence-electron chi connectivity index (χ1n) is 5.19. The minimum Gasteiger partial charge on any atom is -0.463 e. The van der Waals surface area contributed by atoms with E-state index in [0.717, 1.165) is 6.92 Å². The molecule has 0 spiro atoms. The number of carbonyl (C=O) groups is 2. The number of hydrogen-bond donors (Lipinski definition) is 0. The van der Waals surface area contributed by atoms with Gasteiger partial charge in [0.05, 0.1) is 6.61 Å². The summed E-state index contributed by atoms with van der Waals surface area (Å²) in [6.07, 6.45) is -14.1. The van der Waals surface area contributed by atoms with Crippen molar-refractivity contribution >= 4 is 11.8 Å². The van der Waals surface area contributed by atoms with Crippen molar-refractivity contribution in [3.63, 3.8) is 0 Å². The van der Waals surface area contributed by atoms with Crippen molar-refractivity contribution in [2.45, 2.75) is 36.8 Å². The van der Waals surface area contributed by atoms with E-state index in [9.17, 15) is 57.9 Å². The molecular weight excluding hydrogens is 365 g/mol. The summed E-state index contributed by atoms with van der Waals surface area (Å²) in [4.78, 5) is 21.6. The van der Waals surface area contributed by atoms with Crippen LogP contribution in [0.2, 0.25) is 0 Å². The van der Waals surface area contributed by atoms with Gasteiger partial charge in [0.25, 0.3) is 5.78 Å². The van der Waals surface area contributed by atoms with Crippen molar-refractivity contribution in [2.24, 2.45) is 0 Å². The molecule has 0 bridgehead atoms. The standard InChI is InChI=1S/C9H5F11O3/c1-2-23-4(22)5(10,8(15,16)17)3(21)6(11,12)7(13,14)9(18,19)20/h2H2,1H3. The van der Waals surface area contributed by atoms with Gasteiger partial charge in [-0.2, -0.15) is 43.9 Å². The fourth-order valence-corrected chi connectivity index (χ4v) is 1.10. The molecule has 0 saturated carbocycles. The maximum atomic E-state index is 13.6. The zero-order chi connectivity index (χ0) is 19.1. The molecule has 0 saturated heterocycles. The van der Waals surface area contributed by atoms with Crippen LogP contribution in [0.5, 0.6) is 0 Å². The molecular formula is C9H5F11O3. The van der Waals surface area contributed by atoms with Gasteiger partial charge in [0.15, 0.2) is 0 Å². The Labute approximate surface area is 119 Å². The van der Waals surface area contributed by atoms with Crippen molar-refractivity contribution in [1.82, 2.24) is 0 Å². The molecule has 0 aliphatic rings. The van der Waals surface area contributed by atoms with Gasteiger partial charge in [0.2, 0.25) is 0 Å². The summed E-state index contributed by atoms with van der Waals surface area (Å²) < 4.78 is 141. The second-order valence-electron chi connectivity index (χ2n) is 3.85. The predicted molar refractivity (Wildman–Crippen MR) is 47.5 cm³/mol. The molecule has 0 aliphatic carbocycles. The lowest BCUT2D eigenvalue weighted by atomic mass is 9.91. The first-order valence-corrected chi connectivity index (χ1v) is 5.19. The molecule has 0 aromatic carbocycles. The Morgan fingerprint density at radius 1 is 0.783 bits per heavy atom. The first kappa shape index (κ1) is 21.4. The summed E-state index contributed by atoms with van der Waals surface area (Å²) in [5.41, 5.74) is -6.42. The van der Waals surface area contributed by atoms with Gasteiger partial charge in [-0.05, 0) is 6.92 Å². The molecule has 136 valence electrons. The van der Waals surface area contributed by atoms with Gasteiger partial charge >= 0.3 is 35.8 Å². The quantitative estimate of drug-likeness (QED) is 0.424. The van der Waals surface area contributed by atoms with Crippen LogP contribution in [0.1, 0.15) is 6.92 Å². The average Bonchev–Trinajstić information content (AvgIpc) is 2.33. The molecule has 0 radical (unpaired) electrons. The predicted octanol–water partition coefficient (Wildman–Crippen LogP) is 3.22. The lowest BCUT2D eigenvalue weighted by Gasteiger charge is -2.32. The molecule has 0 N–H and O–H groups in total. The molecule has 0 amide bonds. The van der Waals surface area contributed by atoms with Crippen molar-refractivity contribution in [2.75, 3.05) is 6.61 Å². The number of hydrogen-bond acceptors (Lipinski definition) is 3. The Hall–Kier alpha value is -1.63. The number of ether oxygens (including phenoxy) is 1. The number of halogens is 11. The molecule has 0 heterocycles. The van der Waals surface area contributed by atoms with E-state index in [1.54, 1.807) is 0 Å². The van der Waals surface area contributed by atoms with Crippen LogP contribution >= 0.6 is 0 Å². The highest BCUT2D eigenvalue weighted by molar-refractivity contribution is 6.11. The number of carbonyl (C=O) groups excluding carboxylic acids is 2. The van der Waals surface area contributed by atoms with E-state index in [1.807, 2.05) is 0 Å². The highest BCUT2D eigenvalue weighted by Crippen LogP contribution is 2.51. The summed E-state index contributed by atoms with van der Waals surface area (Å²) >= 11 is 0. The van der Waals surface area contributed by atoms with E-state index < -0.39 is 48.2 Å². The monoisotopic (exact) mass is 370 g/mol. The lowest BCUT2D eigenvalue weighted by molar-refractivity contribution is -0.348. The number of ketones is 1. The molecule has 0 aliphatic heterocycles. The fourth-order valence-electron chi connectivity index (χ4n) is 1.10. The zero-order valence-electron chi connectivity index (χ0n) is 10.6. The van der Waals surface area contributed by atoms with Crippen LogP contribution in [0, 0.1) is 0 Å². The van der Waals surface area contributed by atoms with E-state index in [1.165, 1.54) is 0 Å². The van der Waals surface area contributed by atoms with E-state index in [0.29, 0.717) is 0 Å². The lowest BCUT2D eigenvalue weighted by Crippen LogP contribution is -2.67. The Kier molecular flexibility index (Phi) is 5.37. The normalized spacial score (nSPS) is 16.7. The third-order valence-electron chi connectivity index (χ3n) is 2.30. The van der Waals surface area contributed by atoms with Gasteiger partial charge in [-0.25, -0.2) is 9.18 Å². The highest BCUT2D eigenvalue weighted by Gasteiger charge is 2.83. The Balaban J connectivity index is 6.25. The number of Topliss-reactive ketones (excluding diaryl/α,β-unsaturated/α-hetero) is 1. The number of alkyl halides is 11. The van der Waals surface area contributed by atoms with E-state index in [4.69, 9.17) is 0 Å². The number of esters is 1. The fraction of sp³-hybridized carbons (Fsp3) is 0.778. The molecule has 0 fully saturated rings. The average molecular weight is 370 g/mol. The van der Waals surface area contributed by atoms with Gasteiger partial charge in [-0.3, -0.25) is 4.79 Å².